The number of unbranched alkanes of at least 4 members (excludes halogenated alkanes) is 8. The maximum absolute atomic E-state index is 10.2. The summed E-state index contributed by atoms with van der Waals surface area (Å²) in [7, 11) is -5.10. The average molecular weight is 704 g/mol. The van der Waals surface area contributed by atoms with E-state index < -0.39 is 12.7 Å². The molecule has 0 fully saturated rings. The lowest BCUT2D eigenvalue weighted by molar-refractivity contribution is -0.929. The van der Waals surface area contributed by atoms with Crippen LogP contribution in [0.2, 0.25) is 0 Å². The molecule has 0 heterocycles. The molecule has 0 atom stereocenters. The fourth-order valence-electron chi connectivity index (χ4n) is 6.05. The van der Waals surface area contributed by atoms with E-state index in [-0.39, 0.29) is 11.4 Å². The van der Waals surface area contributed by atoms with E-state index in [2.05, 4.69) is 59.9 Å². The monoisotopic (exact) mass is 704 g/mol. The Labute approximate surface area is 296 Å². The van der Waals surface area contributed by atoms with Gasteiger partial charge < -0.3 is 27.8 Å². The van der Waals surface area contributed by atoms with Crippen LogP contribution in [0.15, 0.2) is 24.3 Å². The van der Waals surface area contributed by atoms with Crippen molar-refractivity contribution < 1.29 is 32.8 Å². The third-order valence-electron chi connectivity index (χ3n) is 9.15. The first-order valence-corrected chi connectivity index (χ1v) is 21.0. The zero-order valence-corrected chi connectivity index (χ0v) is 33.4. The second-order valence-corrected chi connectivity index (χ2v) is 14.7. The Hall–Kier alpha value is -1.51. The number of rotatable bonds is 27. The number of phosphoric ester groups is 1. The number of hydrogen-bond acceptors (Lipinski definition) is 6. The Morgan fingerprint density at radius 2 is 0.750 bits per heavy atom. The van der Waals surface area contributed by atoms with Crippen molar-refractivity contribution in [2.75, 3.05) is 52.4 Å². The molecule has 0 aliphatic carbocycles. The van der Waals surface area contributed by atoms with Crippen LogP contribution in [0.5, 0.6) is 5.75 Å². The minimum Gasteiger partial charge on any atom is -0.780 e. The molecule has 0 unspecified atom stereocenters. The lowest BCUT2D eigenvalue weighted by atomic mass is 10.1. The predicted octanol–water partition coefficient (Wildman–Crippen LogP) is 9.81. The van der Waals surface area contributed by atoms with E-state index in [0.717, 1.165) is 24.3 Å². The molecule has 0 bridgehead atoms. The van der Waals surface area contributed by atoms with Crippen LogP contribution < -0.4 is 14.3 Å². The number of hydrogen-bond donors (Lipinski definition) is 0. The Balaban J connectivity index is 0. The summed E-state index contributed by atoms with van der Waals surface area (Å²) in [6, 6.07) is 4.12. The number of phosphoric acid groups is 1. The Morgan fingerprint density at radius 3 is 0.917 bits per heavy atom. The zero-order chi connectivity index (χ0) is 36.7. The maximum Gasteiger partial charge on any atom is 0.269 e. The van der Waals surface area contributed by atoms with E-state index in [4.69, 9.17) is 0 Å². The van der Waals surface area contributed by atoms with E-state index in [9.17, 15) is 24.5 Å². The second-order valence-electron chi connectivity index (χ2n) is 13.6. The van der Waals surface area contributed by atoms with Gasteiger partial charge in [-0.3, -0.25) is 10.1 Å². The molecular weight excluding hydrogens is 627 g/mol. The van der Waals surface area contributed by atoms with Crippen molar-refractivity contribution in [1.82, 2.24) is 0 Å². The number of nitro benzene ring substituents is 1. The van der Waals surface area contributed by atoms with Crippen molar-refractivity contribution >= 4 is 13.5 Å². The van der Waals surface area contributed by atoms with Crippen molar-refractivity contribution in [1.29, 1.82) is 0 Å². The fourth-order valence-corrected chi connectivity index (χ4v) is 6.43. The van der Waals surface area contributed by atoms with Crippen LogP contribution in [0.3, 0.4) is 0 Å². The fraction of sp³-hybridized carbons (Fsp3) is 0.842. The number of benzene rings is 1. The molecule has 0 saturated heterocycles. The molecule has 0 aliphatic rings. The van der Waals surface area contributed by atoms with Crippen LogP contribution >= 0.6 is 7.82 Å². The molecule has 0 spiro atoms. The van der Waals surface area contributed by atoms with E-state index in [1.54, 1.807) is 0 Å². The number of non-ortho nitro benzene ring substituents is 1. The summed E-state index contributed by atoms with van der Waals surface area (Å²) < 4.78 is 16.9. The van der Waals surface area contributed by atoms with Gasteiger partial charge in [0.15, 0.2) is 0 Å². The van der Waals surface area contributed by atoms with Crippen molar-refractivity contribution in [2.24, 2.45) is 0 Å². The molecule has 0 saturated carbocycles. The SMILES string of the molecule is CCCC[N+](CCCC)(CCCC)CCCC.CCCC[N+](CCCC)(CCCC)CCCC.O=[N+]([O-])c1ccc([18O]P(=O)([O-])[O-])cc1. The molecule has 1 aromatic rings. The number of nitrogens with zero attached hydrogens (tertiary/aromatic N) is 3. The highest BCUT2D eigenvalue weighted by molar-refractivity contribution is 7.43. The van der Waals surface area contributed by atoms with Gasteiger partial charge in [0, 0.05) is 12.1 Å². The minimum atomic E-state index is -5.10. The lowest BCUT2D eigenvalue weighted by Gasteiger charge is -2.39. The van der Waals surface area contributed by atoms with Crippen LogP contribution in [-0.2, 0) is 4.57 Å². The minimum absolute atomic E-state index is 0.219. The number of nitro groups is 1. The first kappa shape index (κ1) is 48.6. The standard InChI is InChI=1S/2C16H36N.C6H6NO6P/c2*1-5-9-13-17(14-10-6-2,15-11-7-3)16-12-8-4;8-7(9)5-1-3-6(4-2-5)13-14(10,11)12/h2*5-16H2,1-4H3;1-4H,(H2,10,11,12)/q2*+1;/p-2/i;;13+2. The van der Waals surface area contributed by atoms with Gasteiger partial charge in [-0.05, 0) is 63.5 Å². The van der Waals surface area contributed by atoms with Crippen molar-refractivity contribution in [3.8, 4) is 5.75 Å². The molecule has 0 amide bonds. The van der Waals surface area contributed by atoms with E-state index >= 15 is 0 Å². The van der Waals surface area contributed by atoms with Crippen LogP contribution in [-0.4, -0.2) is 66.2 Å². The summed E-state index contributed by atoms with van der Waals surface area (Å²) in [5.74, 6) is -0.246. The zero-order valence-electron chi connectivity index (χ0n) is 32.5. The Morgan fingerprint density at radius 1 is 0.521 bits per heavy atom. The molecule has 10 heteroatoms. The Kier molecular flexibility index (Phi) is 30.7. The molecule has 0 radical (unpaired) electrons. The summed E-state index contributed by atoms with van der Waals surface area (Å²) in [6.45, 7) is 30.0. The van der Waals surface area contributed by atoms with E-state index in [0.29, 0.717) is 0 Å². The van der Waals surface area contributed by atoms with Gasteiger partial charge >= 0.3 is 0 Å². The highest BCUT2D eigenvalue weighted by Crippen LogP contribution is 2.30. The third kappa shape index (κ3) is 25.5. The van der Waals surface area contributed by atoms with Crippen LogP contribution in [0, 0.1) is 10.1 Å². The van der Waals surface area contributed by atoms with Gasteiger partial charge in [-0.25, -0.2) is 0 Å². The van der Waals surface area contributed by atoms with Gasteiger partial charge in [-0.15, -0.1) is 0 Å². The molecule has 0 aliphatic heterocycles. The highest BCUT2D eigenvalue weighted by Gasteiger charge is 2.25. The molecule has 48 heavy (non-hydrogen) atoms. The Bertz CT molecular complexity index is 814. The van der Waals surface area contributed by atoms with Crippen molar-refractivity contribution in [3.05, 3.63) is 34.4 Å². The second kappa shape index (κ2) is 30.3. The van der Waals surface area contributed by atoms with Crippen molar-refractivity contribution in [3.63, 3.8) is 0 Å². The smallest absolute Gasteiger partial charge is 0.269 e. The summed E-state index contributed by atoms with van der Waals surface area (Å²) in [5.41, 5.74) is -0.219. The predicted molar refractivity (Wildman–Crippen MR) is 200 cm³/mol. The summed E-state index contributed by atoms with van der Waals surface area (Å²) in [6.07, 6.45) is 22.1. The largest absolute Gasteiger partial charge is 0.780 e. The molecule has 0 N–H and O–H groups in total. The van der Waals surface area contributed by atoms with Crippen LogP contribution in [0.4, 0.5) is 5.69 Å². The van der Waals surface area contributed by atoms with Gasteiger partial charge in [-0.2, -0.15) is 0 Å². The first-order chi connectivity index (χ1) is 22.9. The molecule has 284 valence electrons. The van der Waals surface area contributed by atoms with Gasteiger partial charge in [0.2, 0.25) is 0 Å². The molecule has 0 aromatic heterocycles. The normalized spacial score (nSPS) is 11.7. The lowest BCUT2D eigenvalue weighted by Crippen LogP contribution is -2.50. The highest BCUT2D eigenvalue weighted by atomic mass is 31.2. The summed E-state index contributed by atoms with van der Waals surface area (Å²) >= 11 is 0. The molecule has 9 nitrogen and oxygen atoms in total. The van der Waals surface area contributed by atoms with Gasteiger partial charge in [0.05, 0.1) is 57.3 Å². The first-order valence-electron chi connectivity index (χ1n) is 19.5. The topological polar surface area (TPSA) is 116 Å². The van der Waals surface area contributed by atoms with Gasteiger partial charge in [-0.1, -0.05) is 107 Å². The van der Waals surface area contributed by atoms with E-state index in [1.165, 1.54) is 164 Å². The maximum atomic E-state index is 10.2. The van der Waals surface area contributed by atoms with Crippen LogP contribution in [0.25, 0.3) is 0 Å². The van der Waals surface area contributed by atoms with E-state index in [1.807, 2.05) is 0 Å². The summed E-state index contributed by atoms with van der Waals surface area (Å²) in [4.78, 5) is 29.8. The molecule has 1 aromatic carbocycles. The molecular formula is C38H76N3O6P. The number of quaternary nitrogens is 2. The quantitative estimate of drug-likeness (QED) is 0.0296. The molecule has 1 rings (SSSR count). The van der Waals surface area contributed by atoms with Gasteiger partial charge in [0.25, 0.3) is 5.69 Å². The third-order valence-corrected chi connectivity index (χ3v) is 9.59. The van der Waals surface area contributed by atoms with Crippen LogP contribution in [0.1, 0.15) is 158 Å². The summed E-state index contributed by atoms with van der Waals surface area (Å²) in [5, 5.41) is 10.2. The van der Waals surface area contributed by atoms with Gasteiger partial charge in [0.1, 0.15) is 13.6 Å². The van der Waals surface area contributed by atoms with Crippen molar-refractivity contribution in [2.45, 2.75) is 158 Å². The average Bonchev–Trinajstić information content (AvgIpc) is 3.07.